The molecule has 4 heteroatoms. The first-order chi connectivity index (χ1) is 9.74. The third-order valence-corrected chi connectivity index (χ3v) is 3.88. The van der Waals surface area contributed by atoms with Crippen LogP contribution in [0, 0.1) is 0 Å². The quantitative estimate of drug-likeness (QED) is 0.871. The molecule has 102 valence electrons. The smallest absolute Gasteiger partial charge is 0.315 e. The van der Waals surface area contributed by atoms with E-state index in [9.17, 15) is 4.79 Å². The van der Waals surface area contributed by atoms with Gasteiger partial charge >= 0.3 is 5.97 Å². The number of halogens is 1. The summed E-state index contributed by atoms with van der Waals surface area (Å²) in [5, 5.41) is 3.23. The molecule has 0 saturated heterocycles. The maximum atomic E-state index is 12.2. The SMILES string of the molecule is O=C(OCc1cccc(Br)c1)C1CNc2ccccc21. The van der Waals surface area contributed by atoms with Gasteiger partial charge in [-0.05, 0) is 29.3 Å². The Hall–Kier alpha value is -1.81. The van der Waals surface area contributed by atoms with E-state index < -0.39 is 0 Å². The maximum absolute atomic E-state index is 12.2. The van der Waals surface area contributed by atoms with Gasteiger partial charge in [0.2, 0.25) is 0 Å². The fourth-order valence-corrected chi connectivity index (χ4v) is 2.82. The Labute approximate surface area is 126 Å². The van der Waals surface area contributed by atoms with Crippen LogP contribution < -0.4 is 5.32 Å². The number of para-hydroxylation sites is 1. The third-order valence-electron chi connectivity index (χ3n) is 3.39. The average Bonchev–Trinajstić information content (AvgIpc) is 2.89. The molecule has 0 aliphatic carbocycles. The lowest BCUT2D eigenvalue weighted by Crippen LogP contribution is -2.17. The average molecular weight is 332 g/mol. The maximum Gasteiger partial charge on any atom is 0.315 e. The molecule has 1 N–H and O–H groups in total. The van der Waals surface area contributed by atoms with Crippen molar-refractivity contribution in [3.05, 3.63) is 64.1 Å². The van der Waals surface area contributed by atoms with E-state index in [0.717, 1.165) is 21.3 Å². The minimum Gasteiger partial charge on any atom is -0.460 e. The summed E-state index contributed by atoms with van der Waals surface area (Å²) in [6, 6.07) is 15.6. The van der Waals surface area contributed by atoms with Crippen LogP contribution in [-0.4, -0.2) is 12.5 Å². The number of fused-ring (bicyclic) bond motifs is 1. The number of anilines is 1. The number of ether oxygens (including phenoxy) is 1. The molecule has 20 heavy (non-hydrogen) atoms. The van der Waals surface area contributed by atoms with Crippen LogP contribution in [0.2, 0.25) is 0 Å². The van der Waals surface area contributed by atoms with Gasteiger partial charge in [-0.2, -0.15) is 0 Å². The van der Waals surface area contributed by atoms with Crippen LogP contribution in [-0.2, 0) is 16.1 Å². The number of carbonyl (C=O) groups is 1. The van der Waals surface area contributed by atoms with Gasteiger partial charge in [0.05, 0.1) is 0 Å². The van der Waals surface area contributed by atoms with Gasteiger partial charge in [0.15, 0.2) is 0 Å². The summed E-state index contributed by atoms with van der Waals surface area (Å²) in [7, 11) is 0. The summed E-state index contributed by atoms with van der Waals surface area (Å²) in [4.78, 5) is 12.2. The summed E-state index contributed by atoms with van der Waals surface area (Å²) in [6.07, 6.45) is 0. The van der Waals surface area contributed by atoms with Crippen LogP contribution in [0.5, 0.6) is 0 Å². The van der Waals surface area contributed by atoms with Crippen molar-refractivity contribution in [2.75, 3.05) is 11.9 Å². The molecule has 1 aliphatic rings. The molecular formula is C16H14BrNO2. The first-order valence-corrected chi connectivity index (χ1v) is 7.27. The number of esters is 1. The number of hydrogen-bond acceptors (Lipinski definition) is 3. The topological polar surface area (TPSA) is 38.3 Å². The molecule has 1 atom stereocenters. The molecule has 0 saturated carbocycles. The number of nitrogens with one attached hydrogen (secondary N) is 1. The summed E-state index contributed by atoms with van der Waals surface area (Å²) in [5.74, 6) is -0.388. The monoisotopic (exact) mass is 331 g/mol. The van der Waals surface area contributed by atoms with Crippen molar-refractivity contribution in [1.82, 2.24) is 0 Å². The Balaban J connectivity index is 1.66. The summed E-state index contributed by atoms with van der Waals surface area (Å²) >= 11 is 3.41. The largest absolute Gasteiger partial charge is 0.460 e. The summed E-state index contributed by atoms with van der Waals surface area (Å²) in [5.41, 5.74) is 3.02. The van der Waals surface area contributed by atoms with Gasteiger partial charge in [0.25, 0.3) is 0 Å². The fourth-order valence-electron chi connectivity index (χ4n) is 2.38. The minimum atomic E-state index is -0.210. The van der Waals surface area contributed by atoms with E-state index in [4.69, 9.17) is 4.74 Å². The highest BCUT2D eigenvalue weighted by Crippen LogP contribution is 2.31. The van der Waals surface area contributed by atoms with Gasteiger partial charge in [-0.25, -0.2) is 0 Å². The van der Waals surface area contributed by atoms with Gasteiger partial charge in [-0.1, -0.05) is 46.3 Å². The first kappa shape index (κ1) is 13.2. The van der Waals surface area contributed by atoms with E-state index in [2.05, 4.69) is 21.2 Å². The predicted octanol–water partition coefficient (Wildman–Crippen LogP) is 3.70. The van der Waals surface area contributed by atoms with Crippen molar-refractivity contribution < 1.29 is 9.53 Å². The Morgan fingerprint density at radius 3 is 2.95 bits per heavy atom. The highest BCUT2D eigenvalue weighted by atomic mass is 79.9. The lowest BCUT2D eigenvalue weighted by Gasteiger charge is -2.10. The molecule has 0 fully saturated rings. The lowest BCUT2D eigenvalue weighted by atomic mass is 10.0. The predicted molar refractivity (Wildman–Crippen MR) is 81.6 cm³/mol. The number of carbonyl (C=O) groups excluding carboxylic acids is 1. The van der Waals surface area contributed by atoms with E-state index in [0.29, 0.717) is 13.2 Å². The second kappa shape index (κ2) is 5.67. The molecule has 0 radical (unpaired) electrons. The molecule has 3 rings (SSSR count). The molecule has 0 spiro atoms. The van der Waals surface area contributed by atoms with Crippen LogP contribution in [0.15, 0.2) is 53.0 Å². The highest BCUT2D eigenvalue weighted by molar-refractivity contribution is 9.10. The first-order valence-electron chi connectivity index (χ1n) is 6.48. The van der Waals surface area contributed by atoms with Gasteiger partial charge in [0.1, 0.15) is 12.5 Å². The zero-order chi connectivity index (χ0) is 13.9. The van der Waals surface area contributed by atoms with Crippen molar-refractivity contribution in [1.29, 1.82) is 0 Å². The van der Waals surface area contributed by atoms with E-state index in [1.165, 1.54) is 0 Å². The standard InChI is InChI=1S/C16H14BrNO2/c17-12-5-3-4-11(8-12)10-20-16(19)14-9-18-15-7-2-1-6-13(14)15/h1-8,14,18H,9-10H2. The second-order valence-corrected chi connectivity index (χ2v) is 5.67. The normalized spacial score (nSPS) is 16.4. The van der Waals surface area contributed by atoms with E-state index in [-0.39, 0.29) is 11.9 Å². The molecule has 1 heterocycles. The summed E-state index contributed by atoms with van der Waals surface area (Å²) in [6.45, 7) is 0.910. The Morgan fingerprint density at radius 1 is 1.25 bits per heavy atom. The number of rotatable bonds is 3. The zero-order valence-corrected chi connectivity index (χ0v) is 12.4. The lowest BCUT2D eigenvalue weighted by molar-refractivity contribution is -0.146. The third kappa shape index (κ3) is 2.70. The van der Waals surface area contributed by atoms with Crippen molar-refractivity contribution in [3.8, 4) is 0 Å². The van der Waals surface area contributed by atoms with Crippen molar-refractivity contribution in [3.63, 3.8) is 0 Å². The number of hydrogen-bond donors (Lipinski definition) is 1. The molecule has 0 amide bonds. The molecule has 2 aromatic carbocycles. The van der Waals surface area contributed by atoms with Crippen LogP contribution in [0.1, 0.15) is 17.0 Å². The summed E-state index contributed by atoms with van der Waals surface area (Å²) < 4.78 is 6.41. The van der Waals surface area contributed by atoms with Crippen molar-refractivity contribution >= 4 is 27.6 Å². The van der Waals surface area contributed by atoms with Crippen molar-refractivity contribution in [2.24, 2.45) is 0 Å². The zero-order valence-electron chi connectivity index (χ0n) is 10.8. The number of benzene rings is 2. The van der Waals surface area contributed by atoms with Gasteiger partial charge in [0, 0.05) is 16.7 Å². The molecule has 3 nitrogen and oxygen atoms in total. The molecule has 1 aliphatic heterocycles. The van der Waals surface area contributed by atoms with Crippen LogP contribution >= 0.6 is 15.9 Å². The molecule has 1 unspecified atom stereocenters. The van der Waals surface area contributed by atoms with Crippen LogP contribution in [0.4, 0.5) is 5.69 Å². The fraction of sp³-hybridized carbons (Fsp3) is 0.188. The minimum absolute atomic E-state index is 0.178. The van der Waals surface area contributed by atoms with E-state index >= 15 is 0 Å². The van der Waals surface area contributed by atoms with E-state index in [1.54, 1.807) is 0 Å². The van der Waals surface area contributed by atoms with Gasteiger partial charge in [-0.3, -0.25) is 4.79 Å². The van der Waals surface area contributed by atoms with Crippen molar-refractivity contribution in [2.45, 2.75) is 12.5 Å². The molecule has 0 bridgehead atoms. The van der Waals surface area contributed by atoms with E-state index in [1.807, 2.05) is 48.5 Å². The van der Waals surface area contributed by atoms with Gasteiger partial charge in [-0.15, -0.1) is 0 Å². The Kier molecular flexibility index (Phi) is 3.74. The highest BCUT2D eigenvalue weighted by Gasteiger charge is 2.29. The molecular weight excluding hydrogens is 318 g/mol. The Bertz CT molecular complexity index is 642. The second-order valence-electron chi connectivity index (χ2n) is 4.76. The van der Waals surface area contributed by atoms with Crippen LogP contribution in [0.25, 0.3) is 0 Å². The van der Waals surface area contributed by atoms with Crippen LogP contribution in [0.3, 0.4) is 0 Å². The Morgan fingerprint density at radius 2 is 2.10 bits per heavy atom. The molecule has 2 aromatic rings. The molecule has 0 aromatic heterocycles. The van der Waals surface area contributed by atoms with Gasteiger partial charge < -0.3 is 10.1 Å².